The number of nitrogens with one attached hydrogen (secondary N) is 1. The highest BCUT2D eigenvalue weighted by molar-refractivity contribution is 7.98. The van der Waals surface area contributed by atoms with E-state index in [2.05, 4.69) is 53.7 Å². The molecule has 1 aliphatic heterocycles. The van der Waals surface area contributed by atoms with Crippen molar-refractivity contribution in [1.29, 1.82) is 0 Å². The predicted octanol–water partition coefficient (Wildman–Crippen LogP) is 3.40. The summed E-state index contributed by atoms with van der Waals surface area (Å²) in [4.78, 5) is 5.98. The molecule has 1 aromatic carbocycles. The van der Waals surface area contributed by atoms with E-state index in [1.54, 1.807) is 5.57 Å². The van der Waals surface area contributed by atoms with Crippen molar-refractivity contribution < 1.29 is 0 Å². The second-order valence-corrected chi connectivity index (χ2v) is 6.95. The monoisotopic (exact) mass is 284 g/mol. The van der Waals surface area contributed by atoms with Crippen molar-refractivity contribution in [2.75, 3.05) is 25.6 Å². The van der Waals surface area contributed by atoms with Crippen LogP contribution in [-0.4, -0.2) is 41.5 Å². The molecule has 20 heavy (non-hydrogen) atoms. The molecule has 1 aromatic heterocycles. The summed E-state index contributed by atoms with van der Waals surface area (Å²) in [7, 11) is 2.28. The third kappa shape index (κ3) is 1.76. The predicted molar refractivity (Wildman–Crippen MR) is 88.3 cm³/mol. The molecule has 0 bridgehead atoms. The molecular formula is C17H20N2S. The first-order chi connectivity index (χ1) is 9.78. The van der Waals surface area contributed by atoms with E-state index in [4.69, 9.17) is 0 Å². The lowest BCUT2D eigenvalue weighted by molar-refractivity contribution is 0.253. The molecule has 4 rings (SSSR count). The van der Waals surface area contributed by atoms with Crippen LogP contribution in [0, 0.1) is 5.92 Å². The summed E-state index contributed by atoms with van der Waals surface area (Å²) in [6.45, 7) is 1.19. The van der Waals surface area contributed by atoms with Crippen molar-refractivity contribution in [3.05, 3.63) is 41.6 Å². The van der Waals surface area contributed by atoms with Gasteiger partial charge in [0.2, 0.25) is 0 Å². The Balaban J connectivity index is 1.89. The van der Waals surface area contributed by atoms with E-state index in [0.717, 1.165) is 6.42 Å². The van der Waals surface area contributed by atoms with Crippen molar-refractivity contribution in [2.24, 2.45) is 5.92 Å². The molecule has 2 nitrogen and oxygen atoms in total. The summed E-state index contributed by atoms with van der Waals surface area (Å²) >= 11 is 1.95. The molecule has 2 aliphatic rings. The molecule has 1 unspecified atom stereocenters. The topological polar surface area (TPSA) is 19.0 Å². The molecule has 2 atom stereocenters. The van der Waals surface area contributed by atoms with E-state index in [1.165, 1.54) is 34.3 Å². The van der Waals surface area contributed by atoms with Crippen LogP contribution in [-0.2, 0) is 6.42 Å². The molecule has 2 aromatic rings. The Morgan fingerprint density at radius 2 is 2.30 bits per heavy atom. The number of likely N-dealkylation sites (N-methyl/N-ethyl adjacent to an activating group) is 1. The number of hydrogen-bond acceptors (Lipinski definition) is 2. The van der Waals surface area contributed by atoms with Crippen LogP contribution in [0.2, 0.25) is 0 Å². The summed E-state index contributed by atoms with van der Waals surface area (Å²) in [5, 5.41) is 1.45. The lowest BCUT2D eigenvalue weighted by Crippen LogP contribution is -2.42. The maximum Gasteiger partial charge on any atom is 0.0462 e. The van der Waals surface area contributed by atoms with Gasteiger partial charge >= 0.3 is 0 Å². The minimum absolute atomic E-state index is 0.557. The Morgan fingerprint density at radius 1 is 1.40 bits per heavy atom. The third-order valence-corrected chi connectivity index (χ3v) is 5.48. The number of H-pyrrole nitrogens is 1. The normalized spacial score (nSPS) is 25.6. The summed E-state index contributed by atoms with van der Waals surface area (Å²) < 4.78 is 0. The minimum Gasteiger partial charge on any atom is -0.361 e. The average Bonchev–Trinajstić information content (AvgIpc) is 2.86. The van der Waals surface area contributed by atoms with Gasteiger partial charge in [0.15, 0.2) is 0 Å². The number of nitrogens with zero attached hydrogens (tertiary/aromatic N) is 1. The molecule has 0 saturated heterocycles. The average molecular weight is 284 g/mol. The van der Waals surface area contributed by atoms with Crippen LogP contribution >= 0.6 is 11.8 Å². The molecule has 104 valence electrons. The van der Waals surface area contributed by atoms with Gasteiger partial charge in [0.25, 0.3) is 0 Å². The standard InChI is InChI=1S/C17H20N2S/c1-19-9-11(10-20-2)6-14-13-4-3-5-15-17(13)12(8-18-15)7-16(14)19/h3-6,8,11,16,18H,7,9-10H2,1-2H3/t11?,16-/m1/s1. The van der Waals surface area contributed by atoms with Crippen LogP contribution < -0.4 is 0 Å². The Labute approximate surface area is 124 Å². The summed E-state index contributed by atoms with van der Waals surface area (Å²) in [6, 6.07) is 7.23. The van der Waals surface area contributed by atoms with Gasteiger partial charge < -0.3 is 4.98 Å². The quantitative estimate of drug-likeness (QED) is 0.911. The Morgan fingerprint density at radius 3 is 3.15 bits per heavy atom. The fourth-order valence-corrected chi connectivity index (χ4v) is 4.50. The van der Waals surface area contributed by atoms with Crippen LogP contribution in [0.3, 0.4) is 0 Å². The fraction of sp³-hybridized carbons (Fsp3) is 0.412. The highest BCUT2D eigenvalue weighted by Gasteiger charge is 2.33. The summed E-state index contributed by atoms with van der Waals surface area (Å²) in [5.41, 5.74) is 5.77. The van der Waals surface area contributed by atoms with Gasteiger partial charge in [0.05, 0.1) is 0 Å². The molecular weight excluding hydrogens is 264 g/mol. The number of fused-ring (bicyclic) bond motifs is 2. The van der Waals surface area contributed by atoms with Crippen LogP contribution in [0.25, 0.3) is 16.5 Å². The highest BCUT2D eigenvalue weighted by atomic mass is 32.2. The van der Waals surface area contributed by atoms with Gasteiger partial charge in [-0.3, -0.25) is 4.90 Å². The molecule has 2 heterocycles. The molecule has 0 radical (unpaired) electrons. The number of hydrogen-bond donors (Lipinski definition) is 1. The Bertz CT molecular complexity index is 685. The zero-order valence-corrected chi connectivity index (χ0v) is 12.8. The maximum absolute atomic E-state index is 3.43. The first-order valence-electron chi connectivity index (χ1n) is 7.28. The van der Waals surface area contributed by atoms with Gasteiger partial charge in [-0.2, -0.15) is 11.8 Å². The lowest BCUT2D eigenvalue weighted by atomic mass is 9.80. The van der Waals surface area contributed by atoms with Crippen molar-refractivity contribution in [1.82, 2.24) is 9.88 Å². The van der Waals surface area contributed by atoms with E-state index in [-0.39, 0.29) is 0 Å². The molecule has 0 spiro atoms. The number of aromatic amines is 1. The number of aromatic nitrogens is 1. The fourth-order valence-electron chi connectivity index (χ4n) is 3.87. The van der Waals surface area contributed by atoms with Crippen LogP contribution in [0.5, 0.6) is 0 Å². The molecule has 0 amide bonds. The van der Waals surface area contributed by atoms with Crippen molar-refractivity contribution in [3.8, 4) is 0 Å². The van der Waals surface area contributed by atoms with E-state index >= 15 is 0 Å². The number of thioether (sulfide) groups is 1. The largest absolute Gasteiger partial charge is 0.361 e. The van der Waals surface area contributed by atoms with E-state index < -0.39 is 0 Å². The molecule has 3 heteroatoms. The number of benzene rings is 1. The smallest absolute Gasteiger partial charge is 0.0462 e. The second kappa shape index (κ2) is 4.68. The maximum atomic E-state index is 3.43. The van der Waals surface area contributed by atoms with E-state index in [0.29, 0.717) is 12.0 Å². The summed E-state index contributed by atoms with van der Waals surface area (Å²) in [6.07, 6.45) is 8.10. The zero-order chi connectivity index (χ0) is 13.7. The minimum atomic E-state index is 0.557. The molecule has 1 aliphatic carbocycles. The van der Waals surface area contributed by atoms with Crippen LogP contribution in [0.1, 0.15) is 11.1 Å². The molecule has 0 saturated carbocycles. The van der Waals surface area contributed by atoms with Gasteiger partial charge in [-0.25, -0.2) is 0 Å². The van der Waals surface area contributed by atoms with Gasteiger partial charge in [-0.15, -0.1) is 0 Å². The van der Waals surface area contributed by atoms with Crippen molar-refractivity contribution in [2.45, 2.75) is 12.5 Å². The van der Waals surface area contributed by atoms with Gasteiger partial charge in [0.1, 0.15) is 0 Å². The van der Waals surface area contributed by atoms with Crippen molar-refractivity contribution in [3.63, 3.8) is 0 Å². The second-order valence-electron chi connectivity index (χ2n) is 6.04. The highest BCUT2D eigenvalue weighted by Crippen LogP contribution is 2.40. The van der Waals surface area contributed by atoms with Crippen molar-refractivity contribution >= 4 is 28.2 Å². The molecule has 0 fully saturated rings. The molecule has 1 N–H and O–H groups in total. The first-order valence-corrected chi connectivity index (χ1v) is 8.67. The SMILES string of the molecule is CSCC1C=C2c3cccc4[nH]cc(c34)C[C@H]2N(C)C1. The van der Waals surface area contributed by atoms with Crippen LogP contribution in [0.15, 0.2) is 30.5 Å². The summed E-state index contributed by atoms with van der Waals surface area (Å²) in [5.74, 6) is 1.90. The zero-order valence-electron chi connectivity index (χ0n) is 12.0. The Hall–Kier alpha value is -1.19. The lowest BCUT2D eigenvalue weighted by Gasteiger charge is -2.39. The van der Waals surface area contributed by atoms with Gasteiger partial charge in [0, 0.05) is 35.4 Å². The van der Waals surface area contributed by atoms with Gasteiger partial charge in [-0.05, 0) is 48.4 Å². The Kier molecular flexibility index (Phi) is 2.93. The van der Waals surface area contributed by atoms with E-state index in [9.17, 15) is 0 Å². The van der Waals surface area contributed by atoms with E-state index in [1.807, 2.05) is 11.8 Å². The van der Waals surface area contributed by atoms with Gasteiger partial charge in [-0.1, -0.05) is 18.2 Å². The first kappa shape index (κ1) is 12.5. The third-order valence-electron chi connectivity index (χ3n) is 4.72. The number of rotatable bonds is 2. The van der Waals surface area contributed by atoms with Crippen LogP contribution in [0.4, 0.5) is 0 Å².